The van der Waals surface area contributed by atoms with Crippen LogP contribution in [0.15, 0.2) is 18.2 Å². The van der Waals surface area contributed by atoms with Crippen molar-refractivity contribution in [3.8, 4) is 0 Å². The summed E-state index contributed by atoms with van der Waals surface area (Å²) in [6, 6.07) is 6.30. The molecule has 3 atom stereocenters. The van der Waals surface area contributed by atoms with Gasteiger partial charge in [0.2, 0.25) is 0 Å². The predicted octanol–water partition coefficient (Wildman–Crippen LogP) is 3.78. The number of aromatic nitrogens is 1. The van der Waals surface area contributed by atoms with Gasteiger partial charge in [-0.2, -0.15) is 0 Å². The third kappa shape index (κ3) is 2.92. The van der Waals surface area contributed by atoms with E-state index in [1.807, 2.05) is 0 Å². The SMILES string of the molecule is CCCNc1cccc(N(C)CC2CC3CCC2C3)n1. The molecule has 0 aliphatic heterocycles. The van der Waals surface area contributed by atoms with Crippen molar-refractivity contribution < 1.29 is 0 Å². The lowest BCUT2D eigenvalue weighted by Crippen LogP contribution is -2.29. The number of hydrogen-bond donors (Lipinski definition) is 1. The van der Waals surface area contributed by atoms with Gasteiger partial charge in [0.1, 0.15) is 11.6 Å². The molecule has 2 saturated carbocycles. The van der Waals surface area contributed by atoms with Gasteiger partial charge in [0, 0.05) is 20.1 Å². The molecular formula is C17H27N3. The van der Waals surface area contributed by atoms with Crippen LogP contribution in [0.5, 0.6) is 0 Å². The van der Waals surface area contributed by atoms with Crippen molar-refractivity contribution in [3.63, 3.8) is 0 Å². The normalized spacial score (nSPS) is 27.8. The molecule has 110 valence electrons. The summed E-state index contributed by atoms with van der Waals surface area (Å²) in [5.41, 5.74) is 0. The van der Waals surface area contributed by atoms with Gasteiger partial charge >= 0.3 is 0 Å². The van der Waals surface area contributed by atoms with Gasteiger partial charge in [0.25, 0.3) is 0 Å². The van der Waals surface area contributed by atoms with E-state index in [4.69, 9.17) is 4.98 Å². The minimum Gasteiger partial charge on any atom is -0.370 e. The molecule has 0 radical (unpaired) electrons. The molecule has 3 rings (SSSR count). The minimum absolute atomic E-state index is 0.896. The molecule has 0 saturated heterocycles. The molecule has 2 fully saturated rings. The Kier molecular flexibility index (Phi) is 4.13. The lowest BCUT2D eigenvalue weighted by Gasteiger charge is -2.28. The molecule has 0 aromatic carbocycles. The van der Waals surface area contributed by atoms with E-state index in [1.165, 1.54) is 32.2 Å². The maximum Gasteiger partial charge on any atom is 0.130 e. The van der Waals surface area contributed by atoms with E-state index in [1.54, 1.807) is 0 Å². The number of rotatable bonds is 6. The average molecular weight is 273 g/mol. The Bertz CT molecular complexity index is 446. The number of nitrogens with one attached hydrogen (secondary N) is 1. The minimum atomic E-state index is 0.896. The summed E-state index contributed by atoms with van der Waals surface area (Å²) < 4.78 is 0. The Morgan fingerprint density at radius 3 is 2.90 bits per heavy atom. The lowest BCUT2D eigenvalue weighted by molar-refractivity contribution is 0.337. The van der Waals surface area contributed by atoms with Crippen molar-refractivity contribution in [2.45, 2.75) is 39.0 Å². The van der Waals surface area contributed by atoms with Crippen molar-refractivity contribution in [2.75, 3.05) is 30.4 Å². The molecule has 20 heavy (non-hydrogen) atoms. The topological polar surface area (TPSA) is 28.2 Å². The van der Waals surface area contributed by atoms with E-state index >= 15 is 0 Å². The summed E-state index contributed by atoms with van der Waals surface area (Å²) in [4.78, 5) is 7.08. The summed E-state index contributed by atoms with van der Waals surface area (Å²) >= 11 is 0. The largest absolute Gasteiger partial charge is 0.370 e. The van der Waals surface area contributed by atoms with Crippen LogP contribution < -0.4 is 10.2 Å². The second kappa shape index (κ2) is 6.02. The average Bonchev–Trinajstić information content (AvgIpc) is 3.08. The molecular weight excluding hydrogens is 246 g/mol. The molecule has 0 amide bonds. The third-order valence-corrected chi connectivity index (χ3v) is 5.07. The van der Waals surface area contributed by atoms with Crippen molar-refractivity contribution in [2.24, 2.45) is 17.8 Å². The van der Waals surface area contributed by atoms with Gasteiger partial charge in [-0.15, -0.1) is 0 Å². The standard InChI is InChI=1S/C17H27N3/c1-3-9-18-16-5-4-6-17(19-16)20(2)12-15-11-13-7-8-14(15)10-13/h4-6,13-15H,3,7-12H2,1-2H3,(H,18,19). The van der Waals surface area contributed by atoms with Crippen LogP contribution in [0.2, 0.25) is 0 Å². The van der Waals surface area contributed by atoms with E-state index in [2.05, 4.69) is 42.4 Å². The molecule has 1 aromatic heterocycles. The van der Waals surface area contributed by atoms with E-state index in [0.29, 0.717) is 0 Å². The predicted molar refractivity (Wildman–Crippen MR) is 85.2 cm³/mol. The monoisotopic (exact) mass is 273 g/mol. The Balaban J connectivity index is 1.60. The number of nitrogens with zero attached hydrogens (tertiary/aromatic N) is 2. The second-order valence-electron chi connectivity index (χ2n) is 6.62. The number of pyridine rings is 1. The first-order chi connectivity index (χ1) is 9.76. The molecule has 1 aromatic rings. The number of anilines is 2. The van der Waals surface area contributed by atoms with Crippen LogP contribution in [-0.4, -0.2) is 25.1 Å². The fourth-order valence-electron chi connectivity index (χ4n) is 4.03. The lowest BCUT2D eigenvalue weighted by atomic mass is 9.88. The van der Waals surface area contributed by atoms with E-state index in [9.17, 15) is 0 Å². The molecule has 3 heteroatoms. The van der Waals surface area contributed by atoms with Crippen molar-refractivity contribution in [1.29, 1.82) is 0 Å². The van der Waals surface area contributed by atoms with Crippen molar-refractivity contribution >= 4 is 11.6 Å². The molecule has 2 aliphatic rings. The van der Waals surface area contributed by atoms with Gasteiger partial charge in [-0.25, -0.2) is 4.98 Å². The maximum atomic E-state index is 4.73. The van der Waals surface area contributed by atoms with E-state index in [0.717, 1.165) is 42.4 Å². The Labute approximate surface area is 122 Å². The molecule has 1 heterocycles. The van der Waals surface area contributed by atoms with Crippen LogP contribution >= 0.6 is 0 Å². The summed E-state index contributed by atoms with van der Waals surface area (Å²) in [6.45, 7) is 4.34. The quantitative estimate of drug-likeness (QED) is 0.855. The highest BCUT2D eigenvalue weighted by Gasteiger charge is 2.39. The highest BCUT2D eigenvalue weighted by Crippen LogP contribution is 2.48. The summed E-state index contributed by atoms with van der Waals surface area (Å²) in [5, 5.41) is 3.37. The Morgan fingerprint density at radius 1 is 1.30 bits per heavy atom. The molecule has 2 aliphatic carbocycles. The molecule has 2 bridgehead atoms. The zero-order valence-electron chi connectivity index (χ0n) is 12.8. The molecule has 3 unspecified atom stereocenters. The van der Waals surface area contributed by atoms with Gasteiger partial charge in [0.05, 0.1) is 0 Å². The summed E-state index contributed by atoms with van der Waals surface area (Å²) in [5.74, 6) is 5.03. The zero-order valence-corrected chi connectivity index (χ0v) is 12.8. The van der Waals surface area contributed by atoms with Gasteiger partial charge < -0.3 is 10.2 Å². The van der Waals surface area contributed by atoms with Crippen LogP contribution in [0.1, 0.15) is 39.0 Å². The third-order valence-electron chi connectivity index (χ3n) is 5.07. The van der Waals surface area contributed by atoms with E-state index < -0.39 is 0 Å². The zero-order chi connectivity index (χ0) is 13.9. The molecule has 0 spiro atoms. The maximum absolute atomic E-state index is 4.73. The Hall–Kier alpha value is -1.25. The first-order valence-corrected chi connectivity index (χ1v) is 8.18. The van der Waals surface area contributed by atoms with Crippen LogP contribution in [0.3, 0.4) is 0 Å². The first-order valence-electron chi connectivity index (χ1n) is 8.18. The van der Waals surface area contributed by atoms with Crippen molar-refractivity contribution in [3.05, 3.63) is 18.2 Å². The van der Waals surface area contributed by atoms with Gasteiger partial charge in [-0.05, 0) is 55.6 Å². The summed E-state index contributed by atoms with van der Waals surface area (Å²) in [7, 11) is 2.19. The number of fused-ring (bicyclic) bond motifs is 2. The molecule has 1 N–H and O–H groups in total. The van der Waals surface area contributed by atoms with Gasteiger partial charge in [-0.1, -0.05) is 19.4 Å². The first kappa shape index (κ1) is 13.7. The van der Waals surface area contributed by atoms with Crippen molar-refractivity contribution in [1.82, 2.24) is 4.98 Å². The van der Waals surface area contributed by atoms with Gasteiger partial charge in [-0.3, -0.25) is 0 Å². The van der Waals surface area contributed by atoms with Crippen LogP contribution in [0.4, 0.5) is 11.6 Å². The smallest absolute Gasteiger partial charge is 0.130 e. The van der Waals surface area contributed by atoms with Gasteiger partial charge in [0.15, 0.2) is 0 Å². The van der Waals surface area contributed by atoms with Crippen LogP contribution in [-0.2, 0) is 0 Å². The highest BCUT2D eigenvalue weighted by molar-refractivity contribution is 5.46. The fraction of sp³-hybridized carbons (Fsp3) is 0.706. The Morgan fingerprint density at radius 2 is 2.20 bits per heavy atom. The second-order valence-corrected chi connectivity index (χ2v) is 6.62. The number of hydrogen-bond acceptors (Lipinski definition) is 3. The summed E-state index contributed by atoms with van der Waals surface area (Å²) in [6.07, 6.45) is 7.02. The van der Waals surface area contributed by atoms with E-state index in [-0.39, 0.29) is 0 Å². The van der Waals surface area contributed by atoms with Crippen LogP contribution in [0.25, 0.3) is 0 Å². The highest BCUT2D eigenvalue weighted by atomic mass is 15.2. The fourth-order valence-corrected chi connectivity index (χ4v) is 4.03. The van der Waals surface area contributed by atoms with Crippen LogP contribution in [0, 0.1) is 17.8 Å². The molecule has 3 nitrogen and oxygen atoms in total.